The average molecular weight is 597 g/mol. The number of nitrogens with zero attached hydrogens (tertiary/aromatic N) is 8. The van der Waals surface area contributed by atoms with Gasteiger partial charge < -0.3 is 14.9 Å². The van der Waals surface area contributed by atoms with Crippen LogP contribution in [0.3, 0.4) is 0 Å². The molecule has 2 aliphatic heterocycles. The molecule has 3 fully saturated rings. The lowest BCUT2D eigenvalue weighted by atomic mass is 9.91. The second-order valence-corrected chi connectivity index (χ2v) is 12.0. The van der Waals surface area contributed by atoms with E-state index < -0.39 is 36.3 Å². The molecule has 1 amide bonds. The van der Waals surface area contributed by atoms with E-state index in [-0.39, 0.29) is 38.0 Å². The Kier molecular flexibility index (Phi) is 6.75. The summed E-state index contributed by atoms with van der Waals surface area (Å²) in [5.41, 5.74) is 0.698. The van der Waals surface area contributed by atoms with Gasteiger partial charge in [-0.15, -0.1) is 5.10 Å². The minimum absolute atomic E-state index is 0.0407. The molecule has 1 saturated carbocycles. The third-order valence-corrected chi connectivity index (χ3v) is 9.07. The number of aromatic nitrogens is 6. The van der Waals surface area contributed by atoms with E-state index in [2.05, 4.69) is 32.2 Å². The van der Waals surface area contributed by atoms with Gasteiger partial charge in [0, 0.05) is 44.1 Å². The SMILES string of the molecule is O=C(C[C@H](C(F)F)n1ccc(F)n1)N1CCC(O)(Cn2cnc3c(cnn3-c3cccc(N4CC5CC5C4)c3)c2=O)CC1. The maximum absolute atomic E-state index is 13.6. The molecule has 1 aromatic carbocycles. The number of amides is 1. The molecule has 4 aromatic rings. The fourth-order valence-electron chi connectivity index (χ4n) is 6.43. The number of benzene rings is 1. The van der Waals surface area contributed by atoms with E-state index in [0.29, 0.717) is 11.0 Å². The number of carbonyl (C=O) groups is 1. The van der Waals surface area contributed by atoms with Crippen LogP contribution in [-0.4, -0.2) is 83.2 Å². The van der Waals surface area contributed by atoms with Crippen molar-refractivity contribution in [2.75, 3.05) is 31.1 Å². The third kappa shape index (κ3) is 5.28. The summed E-state index contributed by atoms with van der Waals surface area (Å²) in [5, 5.41) is 19.4. The van der Waals surface area contributed by atoms with Gasteiger partial charge in [0.15, 0.2) is 5.65 Å². The molecule has 0 radical (unpaired) electrons. The second-order valence-electron chi connectivity index (χ2n) is 12.0. The van der Waals surface area contributed by atoms with Crippen molar-refractivity contribution in [1.82, 2.24) is 34.0 Å². The molecule has 14 heteroatoms. The quantitative estimate of drug-likeness (QED) is 0.333. The Morgan fingerprint density at radius 2 is 1.86 bits per heavy atom. The van der Waals surface area contributed by atoms with Crippen LogP contribution in [0.1, 0.15) is 31.7 Å². The molecule has 0 bridgehead atoms. The van der Waals surface area contributed by atoms with Crippen LogP contribution >= 0.6 is 0 Å². The number of carbonyl (C=O) groups excluding carboxylic acids is 1. The molecule has 7 rings (SSSR count). The lowest BCUT2D eigenvalue weighted by molar-refractivity contribution is -0.138. The van der Waals surface area contributed by atoms with E-state index >= 15 is 0 Å². The Balaban J connectivity index is 1.02. The lowest BCUT2D eigenvalue weighted by Gasteiger charge is -2.38. The number of anilines is 1. The summed E-state index contributed by atoms with van der Waals surface area (Å²) in [6.07, 6.45) is 2.09. The van der Waals surface area contributed by atoms with Crippen LogP contribution in [-0.2, 0) is 11.3 Å². The van der Waals surface area contributed by atoms with E-state index in [1.54, 1.807) is 4.68 Å². The molecule has 2 saturated heterocycles. The molecule has 3 atom stereocenters. The molecule has 226 valence electrons. The third-order valence-electron chi connectivity index (χ3n) is 9.07. The van der Waals surface area contributed by atoms with Gasteiger partial charge in [-0.3, -0.25) is 18.8 Å². The minimum Gasteiger partial charge on any atom is -0.388 e. The van der Waals surface area contributed by atoms with Crippen molar-refractivity contribution in [3.8, 4) is 5.69 Å². The van der Waals surface area contributed by atoms with E-state index in [9.17, 15) is 27.9 Å². The molecule has 1 N–H and O–H groups in total. The highest BCUT2D eigenvalue weighted by molar-refractivity contribution is 5.77. The number of hydrogen-bond donors (Lipinski definition) is 1. The molecule has 11 nitrogen and oxygen atoms in total. The van der Waals surface area contributed by atoms with Crippen molar-refractivity contribution < 1.29 is 23.1 Å². The monoisotopic (exact) mass is 596 g/mol. The number of halogens is 3. The number of aliphatic hydroxyl groups is 1. The summed E-state index contributed by atoms with van der Waals surface area (Å²) in [5.74, 6) is 0.157. The van der Waals surface area contributed by atoms with Gasteiger partial charge in [-0.05, 0) is 49.3 Å². The van der Waals surface area contributed by atoms with Crippen molar-refractivity contribution in [1.29, 1.82) is 0 Å². The van der Waals surface area contributed by atoms with Crippen molar-refractivity contribution in [3.63, 3.8) is 0 Å². The topological polar surface area (TPSA) is 114 Å². The highest BCUT2D eigenvalue weighted by Gasteiger charge is 2.45. The van der Waals surface area contributed by atoms with E-state index in [4.69, 9.17) is 0 Å². The smallest absolute Gasteiger partial charge is 0.264 e. The highest BCUT2D eigenvalue weighted by atomic mass is 19.3. The number of fused-ring (bicyclic) bond motifs is 2. The van der Waals surface area contributed by atoms with Crippen LogP contribution in [0.2, 0.25) is 0 Å². The molecule has 3 aliphatic rings. The maximum atomic E-state index is 13.6. The number of rotatable bonds is 8. The molecule has 2 unspecified atom stereocenters. The van der Waals surface area contributed by atoms with Crippen LogP contribution in [0.4, 0.5) is 18.9 Å². The lowest BCUT2D eigenvalue weighted by Crippen LogP contribution is -2.50. The second kappa shape index (κ2) is 10.5. The summed E-state index contributed by atoms with van der Waals surface area (Å²) in [7, 11) is 0. The predicted octanol–water partition coefficient (Wildman–Crippen LogP) is 2.62. The van der Waals surface area contributed by atoms with Crippen LogP contribution in [0, 0.1) is 17.8 Å². The van der Waals surface area contributed by atoms with Crippen LogP contribution in [0.15, 0.2) is 53.8 Å². The minimum atomic E-state index is -2.91. The van der Waals surface area contributed by atoms with E-state index in [1.807, 2.05) is 12.1 Å². The molecule has 3 aromatic heterocycles. The number of piperidine rings is 2. The summed E-state index contributed by atoms with van der Waals surface area (Å²) in [6.45, 7) is 2.33. The number of hydrogen-bond acceptors (Lipinski definition) is 7. The molecular formula is C29H31F3N8O3. The van der Waals surface area contributed by atoms with Crippen molar-refractivity contribution in [3.05, 3.63) is 65.4 Å². The summed E-state index contributed by atoms with van der Waals surface area (Å²) >= 11 is 0. The zero-order valence-corrected chi connectivity index (χ0v) is 23.3. The molecule has 0 spiro atoms. The number of alkyl halides is 2. The average Bonchev–Trinajstić information content (AvgIpc) is 3.33. The Labute approximate surface area is 244 Å². The molecule has 43 heavy (non-hydrogen) atoms. The van der Waals surface area contributed by atoms with E-state index in [0.717, 1.165) is 53.2 Å². The van der Waals surface area contributed by atoms with Gasteiger partial charge in [0.1, 0.15) is 17.8 Å². The largest absolute Gasteiger partial charge is 0.388 e. The maximum Gasteiger partial charge on any atom is 0.264 e. The first-order valence-corrected chi connectivity index (χ1v) is 14.4. The van der Waals surface area contributed by atoms with Gasteiger partial charge in [0.2, 0.25) is 11.9 Å². The molecule has 5 heterocycles. The van der Waals surface area contributed by atoms with Gasteiger partial charge in [0.05, 0.1) is 30.5 Å². The summed E-state index contributed by atoms with van der Waals surface area (Å²) < 4.78 is 44.2. The highest BCUT2D eigenvalue weighted by Crippen LogP contribution is 2.46. The zero-order valence-electron chi connectivity index (χ0n) is 23.3. The fraction of sp³-hybridized carbons (Fsp3) is 0.483. The van der Waals surface area contributed by atoms with Crippen molar-refractivity contribution in [2.45, 2.75) is 50.3 Å². The van der Waals surface area contributed by atoms with Gasteiger partial charge in [-0.25, -0.2) is 18.4 Å². The van der Waals surface area contributed by atoms with Crippen molar-refractivity contribution in [2.24, 2.45) is 11.8 Å². The van der Waals surface area contributed by atoms with Gasteiger partial charge >= 0.3 is 0 Å². The Morgan fingerprint density at radius 1 is 1.12 bits per heavy atom. The normalized spacial score (nSPS) is 21.9. The number of likely N-dealkylation sites (tertiary alicyclic amines) is 1. The first-order chi connectivity index (χ1) is 20.7. The van der Waals surface area contributed by atoms with Gasteiger partial charge in [-0.2, -0.15) is 9.49 Å². The standard InChI is InChI=1S/C29H31F3N8O3/c30-24-4-7-39(35-24)23(26(31)32)12-25(41)36-8-5-29(43,6-9-36)16-38-17-33-27-22(28(38)42)13-34-40(27)21-3-1-2-20(11-21)37-14-18-10-19(18)15-37/h1-4,7,11,13,17-19,23,26,43H,5-6,8-10,12,14-16H2/t18?,19?,23-/m1/s1. The van der Waals surface area contributed by atoms with Crippen molar-refractivity contribution >= 4 is 22.6 Å². The van der Waals surface area contributed by atoms with Crippen LogP contribution in [0.25, 0.3) is 16.7 Å². The van der Waals surface area contributed by atoms with Crippen LogP contribution in [0.5, 0.6) is 0 Å². The summed E-state index contributed by atoms with van der Waals surface area (Å²) in [4.78, 5) is 34.5. The van der Waals surface area contributed by atoms with E-state index in [1.165, 1.54) is 28.4 Å². The zero-order chi connectivity index (χ0) is 29.9. The molecule has 1 aliphatic carbocycles. The summed E-state index contributed by atoms with van der Waals surface area (Å²) in [6, 6.07) is 7.39. The van der Waals surface area contributed by atoms with Gasteiger partial charge in [0.25, 0.3) is 12.0 Å². The first kappa shape index (κ1) is 27.6. The predicted molar refractivity (Wildman–Crippen MR) is 150 cm³/mol. The Morgan fingerprint density at radius 3 is 2.56 bits per heavy atom. The van der Waals surface area contributed by atoms with Gasteiger partial charge in [-0.1, -0.05) is 6.07 Å². The first-order valence-electron chi connectivity index (χ1n) is 14.4. The molecular weight excluding hydrogens is 565 g/mol. The Bertz CT molecular complexity index is 1720. The van der Waals surface area contributed by atoms with Crippen LogP contribution < -0.4 is 10.5 Å². The fourth-order valence-corrected chi connectivity index (χ4v) is 6.43. The Hall–Kier alpha value is -4.20.